The first-order valence-electron chi connectivity index (χ1n) is 10.0. The highest BCUT2D eigenvalue weighted by molar-refractivity contribution is 8.00. The van der Waals surface area contributed by atoms with Gasteiger partial charge in [-0.25, -0.2) is 0 Å². The average Bonchev–Trinajstić information content (AvgIpc) is 3.11. The largest absolute Gasteiger partial charge is 0.325 e. The van der Waals surface area contributed by atoms with E-state index in [-0.39, 0.29) is 23.1 Å². The number of benzene rings is 2. The van der Waals surface area contributed by atoms with Crippen molar-refractivity contribution in [2.45, 2.75) is 44.4 Å². The quantitative estimate of drug-likeness (QED) is 0.766. The van der Waals surface area contributed by atoms with Crippen LogP contribution < -0.4 is 10.2 Å². The highest BCUT2D eigenvalue weighted by Gasteiger charge is 2.35. The smallest absolute Gasteiger partial charge is 0.238 e. The fraction of sp³-hybridized carbons (Fsp3) is 0.391. The molecule has 1 saturated heterocycles. The highest BCUT2D eigenvalue weighted by Crippen LogP contribution is 2.44. The van der Waals surface area contributed by atoms with Crippen LogP contribution in [0.1, 0.15) is 48.6 Å². The van der Waals surface area contributed by atoms with Gasteiger partial charge in [-0.05, 0) is 38.0 Å². The van der Waals surface area contributed by atoms with Gasteiger partial charge in [0.2, 0.25) is 11.8 Å². The van der Waals surface area contributed by atoms with Gasteiger partial charge in [0.05, 0.1) is 5.75 Å². The van der Waals surface area contributed by atoms with E-state index in [9.17, 15) is 9.59 Å². The van der Waals surface area contributed by atoms with Crippen LogP contribution in [0.5, 0.6) is 0 Å². The normalized spacial score (nSPS) is 20.4. The van der Waals surface area contributed by atoms with Gasteiger partial charge in [0.1, 0.15) is 5.37 Å². The van der Waals surface area contributed by atoms with E-state index in [1.54, 1.807) is 11.8 Å². The molecule has 2 fully saturated rings. The van der Waals surface area contributed by atoms with Crippen molar-refractivity contribution in [3.8, 4) is 0 Å². The molecule has 1 N–H and O–H groups in total. The number of nitrogens with zero attached hydrogens (tertiary/aromatic N) is 1. The molecule has 1 unspecified atom stereocenters. The Morgan fingerprint density at radius 3 is 2.50 bits per heavy atom. The van der Waals surface area contributed by atoms with Crippen LogP contribution in [-0.2, 0) is 9.59 Å². The van der Waals surface area contributed by atoms with Crippen molar-refractivity contribution in [2.24, 2.45) is 5.92 Å². The van der Waals surface area contributed by atoms with Crippen LogP contribution in [0.25, 0.3) is 0 Å². The molecule has 0 aromatic heterocycles. The van der Waals surface area contributed by atoms with Crippen molar-refractivity contribution in [1.82, 2.24) is 0 Å². The zero-order valence-electron chi connectivity index (χ0n) is 16.2. The molecule has 1 saturated carbocycles. The van der Waals surface area contributed by atoms with Gasteiger partial charge in [-0.3, -0.25) is 14.5 Å². The number of thioether (sulfide) groups is 1. The predicted octanol–water partition coefficient (Wildman–Crippen LogP) is 5.29. The number of carbonyl (C=O) groups is 2. The maximum atomic E-state index is 12.8. The number of amides is 2. The third-order valence-corrected chi connectivity index (χ3v) is 6.83. The van der Waals surface area contributed by atoms with Crippen LogP contribution >= 0.6 is 11.8 Å². The van der Waals surface area contributed by atoms with Crippen LogP contribution in [-0.4, -0.2) is 17.6 Å². The molecule has 4 rings (SSSR count). The fourth-order valence-corrected chi connectivity index (χ4v) is 5.28. The average molecular weight is 395 g/mol. The van der Waals surface area contributed by atoms with Gasteiger partial charge < -0.3 is 5.32 Å². The van der Waals surface area contributed by atoms with Gasteiger partial charge in [-0.1, -0.05) is 55.2 Å². The number of nitrogens with one attached hydrogen (secondary N) is 1. The molecular formula is C23H26N2O2S. The van der Waals surface area contributed by atoms with Crippen molar-refractivity contribution >= 4 is 35.0 Å². The Morgan fingerprint density at radius 1 is 1.04 bits per heavy atom. The standard InChI is InChI=1S/C23H26N2O2S/c1-16-11-13-18(14-12-16)25-21(26)15-28-23(25)19-9-5-6-10-20(19)24-22(27)17-7-3-2-4-8-17/h5-6,9-14,17,23H,2-4,7-8,15H2,1H3,(H,24,27). The lowest BCUT2D eigenvalue weighted by Crippen LogP contribution is -2.29. The van der Waals surface area contributed by atoms with E-state index in [4.69, 9.17) is 0 Å². The second-order valence-corrected chi connectivity index (χ2v) is 8.74. The molecule has 1 aliphatic carbocycles. The summed E-state index contributed by atoms with van der Waals surface area (Å²) in [7, 11) is 0. The summed E-state index contributed by atoms with van der Waals surface area (Å²) in [5.41, 5.74) is 3.88. The fourth-order valence-electron chi connectivity index (χ4n) is 4.06. The van der Waals surface area contributed by atoms with Crippen molar-refractivity contribution in [3.63, 3.8) is 0 Å². The Kier molecular flexibility index (Phi) is 5.72. The molecular weight excluding hydrogens is 368 g/mol. The van der Waals surface area contributed by atoms with Crippen molar-refractivity contribution in [1.29, 1.82) is 0 Å². The first-order chi connectivity index (χ1) is 13.6. The Bertz CT molecular complexity index is 859. The first-order valence-corrected chi connectivity index (χ1v) is 11.1. The van der Waals surface area contributed by atoms with Crippen LogP contribution in [0.2, 0.25) is 0 Å². The Morgan fingerprint density at radius 2 is 1.75 bits per heavy atom. The Labute approximate surface area is 170 Å². The maximum Gasteiger partial charge on any atom is 0.238 e. The van der Waals surface area contributed by atoms with E-state index in [1.807, 2.05) is 60.4 Å². The lowest BCUT2D eigenvalue weighted by molar-refractivity contribution is -0.120. The maximum absolute atomic E-state index is 12.8. The van der Waals surface area contributed by atoms with Gasteiger partial charge >= 0.3 is 0 Å². The third-order valence-electron chi connectivity index (χ3n) is 5.64. The van der Waals surface area contributed by atoms with E-state index < -0.39 is 0 Å². The lowest BCUT2D eigenvalue weighted by Gasteiger charge is -2.27. The SMILES string of the molecule is Cc1ccc(N2C(=O)CSC2c2ccccc2NC(=O)C2CCCCC2)cc1. The number of para-hydroxylation sites is 1. The van der Waals surface area contributed by atoms with Gasteiger partial charge in [0.25, 0.3) is 0 Å². The summed E-state index contributed by atoms with van der Waals surface area (Å²) in [6.07, 6.45) is 5.44. The third kappa shape index (κ3) is 3.95. The van der Waals surface area contributed by atoms with E-state index >= 15 is 0 Å². The highest BCUT2D eigenvalue weighted by atomic mass is 32.2. The van der Waals surface area contributed by atoms with E-state index in [1.165, 1.54) is 12.0 Å². The van der Waals surface area contributed by atoms with Crippen molar-refractivity contribution < 1.29 is 9.59 Å². The summed E-state index contributed by atoms with van der Waals surface area (Å²) in [5.74, 6) is 0.771. The number of rotatable bonds is 4. The van der Waals surface area contributed by atoms with Gasteiger partial charge in [-0.2, -0.15) is 0 Å². The molecule has 2 aromatic carbocycles. The van der Waals surface area contributed by atoms with Crippen molar-refractivity contribution in [3.05, 3.63) is 59.7 Å². The summed E-state index contributed by atoms with van der Waals surface area (Å²) < 4.78 is 0. The minimum atomic E-state index is -0.127. The molecule has 1 atom stereocenters. The monoisotopic (exact) mass is 394 g/mol. The van der Waals surface area contributed by atoms with E-state index in [2.05, 4.69) is 5.32 Å². The second-order valence-electron chi connectivity index (χ2n) is 7.67. The molecule has 2 amide bonds. The molecule has 5 heteroatoms. The molecule has 0 bridgehead atoms. The molecule has 2 aliphatic rings. The first kappa shape index (κ1) is 19.1. The van der Waals surface area contributed by atoms with E-state index in [0.29, 0.717) is 5.75 Å². The molecule has 2 aromatic rings. The Balaban J connectivity index is 1.60. The lowest BCUT2D eigenvalue weighted by atomic mass is 9.88. The second kappa shape index (κ2) is 8.39. The zero-order valence-corrected chi connectivity index (χ0v) is 17.0. The van der Waals surface area contributed by atoms with Gasteiger partial charge in [0, 0.05) is 22.9 Å². The molecule has 146 valence electrons. The van der Waals surface area contributed by atoms with Crippen LogP contribution in [0, 0.1) is 12.8 Å². The zero-order chi connectivity index (χ0) is 19.5. The molecule has 28 heavy (non-hydrogen) atoms. The summed E-state index contributed by atoms with van der Waals surface area (Å²) in [6.45, 7) is 2.04. The molecule has 0 radical (unpaired) electrons. The van der Waals surface area contributed by atoms with Crippen LogP contribution in [0.15, 0.2) is 48.5 Å². The van der Waals surface area contributed by atoms with Crippen molar-refractivity contribution in [2.75, 3.05) is 16.0 Å². The summed E-state index contributed by atoms with van der Waals surface area (Å²) in [4.78, 5) is 27.3. The molecule has 1 aliphatic heterocycles. The Hall–Kier alpha value is -2.27. The van der Waals surface area contributed by atoms with Gasteiger partial charge in [-0.15, -0.1) is 11.8 Å². The molecule has 4 nitrogen and oxygen atoms in total. The number of hydrogen-bond donors (Lipinski definition) is 1. The number of aryl methyl sites for hydroxylation is 1. The minimum absolute atomic E-state index is 0.104. The summed E-state index contributed by atoms with van der Waals surface area (Å²) in [6, 6.07) is 15.9. The number of hydrogen-bond acceptors (Lipinski definition) is 3. The van der Waals surface area contributed by atoms with Gasteiger partial charge in [0.15, 0.2) is 0 Å². The van der Waals surface area contributed by atoms with E-state index in [0.717, 1.165) is 42.6 Å². The predicted molar refractivity (Wildman–Crippen MR) is 116 cm³/mol. The minimum Gasteiger partial charge on any atom is -0.325 e. The van der Waals surface area contributed by atoms with Crippen LogP contribution in [0.4, 0.5) is 11.4 Å². The molecule has 0 spiro atoms. The molecule has 1 heterocycles. The summed E-state index contributed by atoms with van der Waals surface area (Å²) in [5, 5.41) is 3.04. The summed E-state index contributed by atoms with van der Waals surface area (Å²) >= 11 is 1.61. The topological polar surface area (TPSA) is 49.4 Å². The van der Waals surface area contributed by atoms with Crippen LogP contribution in [0.3, 0.4) is 0 Å². The number of anilines is 2. The number of carbonyl (C=O) groups excluding carboxylic acids is 2.